The molecule has 1 aliphatic heterocycles. The number of hydrogen-bond acceptors (Lipinski definition) is 4. The second-order valence-corrected chi connectivity index (χ2v) is 11.4. The number of benzene rings is 3. The number of anilines is 1. The molecule has 1 amide bonds. The van der Waals surface area contributed by atoms with Crippen LogP contribution in [0.25, 0.3) is 10.8 Å². The van der Waals surface area contributed by atoms with Crippen LogP contribution in [0.2, 0.25) is 5.02 Å². The van der Waals surface area contributed by atoms with Gasteiger partial charge in [0.25, 0.3) is 0 Å². The van der Waals surface area contributed by atoms with Crippen LogP contribution in [0.5, 0.6) is 5.75 Å². The van der Waals surface area contributed by atoms with Gasteiger partial charge >= 0.3 is 5.97 Å². The number of carbonyl (C=O) groups excluding carboxylic acids is 1. The highest BCUT2D eigenvalue weighted by Crippen LogP contribution is 2.50. The molecule has 3 aromatic carbocycles. The summed E-state index contributed by atoms with van der Waals surface area (Å²) >= 11 is 7.84. The average molecular weight is 498 g/mol. The molecule has 34 heavy (non-hydrogen) atoms. The summed E-state index contributed by atoms with van der Waals surface area (Å²) in [6.45, 7) is 6.66. The molecule has 1 N–H and O–H groups in total. The maximum Gasteiger partial charge on any atom is 0.305 e. The summed E-state index contributed by atoms with van der Waals surface area (Å²) in [6.07, 6.45) is -0.254. The minimum absolute atomic E-state index is 0.183. The zero-order chi connectivity index (χ0) is 24.6. The highest BCUT2D eigenvalue weighted by molar-refractivity contribution is 8.01. The minimum atomic E-state index is -0.996. The number of ether oxygens (including phenoxy) is 1. The van der Waals surface area contributed by atoms with E-state index in [0.717, 1.165) is 33.3 Å². The van der Waals surface area contributed by atoms with Crippen LogP contribution in [-0.2, 0) is 9.59 Å². The first-order chi connectivity index (χ1) is 16.1. The lowest BCUT2D eigenvalue weighted by molar-refractivity contribution is -0.138. The molecule has 0 unspecified atom stereocenters. The first kappa shape index (κ1) is 24.4. The topological polar surface area (TPSA) is 66.8 Å². The summed E-state index contributed by atoms with van der Waals surface area (Å²) in [5.74, 6) is -0.424. The van der Waals surface area contributed by atoms with Crippen molar-refractivity contribution in [2.45, 2.75) is 37.7 Å². The van der Waals surface area contributed by atoms with E-state index >= 15 is 0 Å². The number of rotatable bonds is 5. The Bertz CT molecular complexity index is 1250. The third-order valence-corrected chi connectivity index (χ3v) is 7.53. The van der Waals surface area contributed by atoms with E-state index in [1.165, 1.54) is 11.8 Å². The summed E-state index contributed by atoms with van der Waals surface area (Å²) in [5.41, 5.74) is 2.48. The summed E-state index contributed by atoms with van der Waals surface area (Å²) in [6, 6.07) is 17.5. The lowest BCUT2D eigenvalue weighted by Crippen LogP contribution is -2.42. The Morgan fingerprint density at radius 2 is 1.79 bits per heavy atom. The molecule has 7 heteroatoms. The fourth-order valence-corrected chi connectivity index (χ4v) is 6.12. The molecule has 0 aliphatic carbocycles. The fourth-order valence-electron chi connectivity index (χ4n) is 4.44. The molecular weight excluding hydrogens is 470 g/mol. The number of carboxylic acids is 1. The van der Waals surface area contributed by atoms with Crippen molar-refractivity contribution < 1.29 is 19.4 Å². The number of carboxylic acid groups (broad SMARTS) is 1. The van der Waals surface area contributed by atoms with E-state index in [9.17, 15) is 14.7 Å². The van der Waals surface area contributed by atoms with Gasteiger partial charge in [-0.25, -0.2) is 0 Å². The number of nitrogens with zero attached hydrogens (tertiary/aromatic N) is 1. The van der Waals surface area contributed by atoms with Crippen LogP contribution < -0.4 is 9.64 Å². The Morgan fingerprint density at radius 3 is 2.44 bits per heavy atom. The molecule has 3 aromatic rings. The van der Waals surface area contributed by atoms with E-state index in [0.29, 0.717) is 11.6 Å². The zero-order valence-electron chi connectivity index (χ0n) is 19.7. The van der Waals surface area contributed by atoms with Gasteiger partial charge in [0, 0.05) is 22.6 Å². The lowest BCUT2D eigenvalue weighted by atomic mass is 9.93. The third kappa shape index (κ3) is 4.89. The number of amides is 1. The van der Waals surface area contributed by atoms with E-state index in [-0.39, 0.29) is 23.0 Å². The smallest absolute Gasteiger partial charge is 0.305 e. The molecule has 0 saturated heterocycles. The van der Waals surface area contributed by atoms with Gasteiger partial charge in [-0.05, 0) is 46.2 Å². The Morgan fingerprint density at radius 1 is 1.09 bits per heavy atom. The van der Waals surface area contributed by atoms with E-state index in [1.807, 2.05) is 48.5 Å². The molecule has 2 atom stereocenters. The summed E-state index contributed by atoms with van der Waals surface area (Å²) in [5, 5.41) is 11.1. The molecule has 178 valence electrons. The highest BCUT2D eigenvalue weighted by Gasteiger charge is 2.39. The van der Waals surface area contributed by atoms with Gasteiger partial charge in [0.05, 0.1) is 24.0 Å². The van der Waals surface area contributed by atoms with Crippen molar-refractivity contribution in [3.05, 3.63) is 70.7 Å². The molecular formula is C27H28ClNO4S. The van der Waals surface area contributed by atoms with Gasteiger partial charge in [0.2, 0.25) is 5.91 Å². The van der Waals surface area contributed by atoms with Crippen LogP contribution >= 0.6 is 23.4 Å². The van der Waals surface area contributed by atoms with Crippen molar-refractivity contribution >= 4 is 51.7 Å². The average Bonchev–Trinajstić information content (AvgIpc) is 2.87. The Balaban J connectivity index is 1.97. The number of aliphatic carboxylic acids is 1. The van der Waals surface area contributed by atoms with Crippen LogP contribution in [0.4, 0.5) is 5.69 Å². The summed E-state index contributed by atoms with van der Waals surface area (Å²) in [4.78, 5) is 27.2. The number of halogens is 1. The van der Waals surface area contributed by atoms with Gasteiger partial charge in [-0.3, -0.25) is 9.59 Å². The van der Waals surface area contributed by atoms with Crippen LogP contribution in [0.15, 0.2) is 54.6 Å². The number of hydrogen-bond donors (Lipinski definition) is 1. The van der Waals surface area contributed by atoms with Crippen molar-refractivity contribution in [3.8, 4) is 5.75 Å². The summed E-state index contributed by atoms with van der Waals surface area (Å²) in [7, 11) is 1.64. The van der Waals surface area contributed by atoms with Crippen LogP contribution in [0.3, 0.4) is 0 Å². The van der Waals surface area contributed by atoms with Crippen molar-refractivity contribution in [3.63, 3.8) is 0 Å². The molecule has 0 aromatic heterocycles. The van der Waals surface area contributed by atoms with Crippen molar-refractivity contribution in [2.24, 2.45) is 5.41 Å². The Hall–Kier alpha value is -2.70. The fraction of sp³-hybridized carbons (Fsp3) is 0.333. The molecule has 0 spiro atoms. The maximum atomic E-state index is 13.7. The van der Waals surface area contributed by atoms with E-state index < -0.39 is 11.2 Å². The largest absolute Gasteiger partial charge is 0.496 e. The SMILES string of the molecule is COc1ccc([C@@H]2S[C@@H](CC(=O)O)C(=O)N(CC(C)(C)C)c3ccc(Cl)cc32)c2ccccc12. The van der Waals surface area contributed by atoms with Gasteiger partial charge in [0.1, 0.15) is 5.75 Å². The summed E-state index contributed by atoms with van der Waals surface area (Å²) < 4.78 is 5.58. The molecule has 0 bridgehead atoms. The van der Waals surface area contributed by atoms with Crippen molar-refractivity contribution in [1.82, 2.24) is 0 Å². The Kier molecular flexibility index (Phi) is 6.83. The van der Waals surface area contributed by atoms with Gasteiger partial charge in [-0.1, -0.05) is 62.7 Å². The zero-order valence-corrected chi connectivity index (χ0v) is 21.2. The van der Waals surface area contributed by atoms with Crippen LogP contribution in [0, 0.1) is 5.41 Å². The van der Waals surface area contributed by atoms with Crippen molar-refractivity contribution in [1.29, 1.82) is 0 Å². The minimum Gasteiger partial charge on any atom is -0.496 e. The molecule has 5 nitrogen and oxygen atoms in total. The highest BCUT2D eigenvalue weighted by atomic mass is 35.5. The van der Waals surface area contributed by atoms with Crippen molar-refractivity contribution in [2.75, 3.05) is 18.6 Å². The number of carbonyl (C=O) groups is 2. The quantitative estimate of drug-likeness (QED) is 0.432. The van der Waals surface area contributed by atoms with Gasteiger partial charge in [-0.15, -0.1) is 11.8 Å². The van der Waals surface area contributed by atoms with Gasteiger partial charge in [-0.2, -0.15) is 0 Å². The molecule has 1 aliphatic rings. The molecule has 4 rings (SSSR count). The van der Waals surface area contributed by atoms with Crippen LogP contribution in [-0.4, -0.2) is 35.9 Å². The van der Waals surface area contributed by atoms with Gasteiger partial charge < -0.3 is 14.7 Å². The molecule has 0 fully saturated rings. The molecule has 1 heterocycles. The second-order valence-electron chi connectivity index (χ2n) is 9.69. The predicted molar refractivity (Wildman–Crippen MR) is 139 cm³/mol. The standard InChI is InChI=1S/C27H28ClNO4S/c1-27(2,3)15-29-21-11-9-16(28)13-20(21)25(34-23(26(29)32)14-24(30)31)19-10-12-22(33-4)18-8-6-5-7-17(18)19/h5-13,23,25H,14-15H2,1-4H3,(H,30,31)/t23-,25-/m0/s1. The lowest BCUT2D eigenvalue weighted by Gasteiger charge is -2.31. The van der Waals surface area contributed by atoms with E-state index in [2.05, 4.69) is 20.8 Å². The predicted octanol–water partition coefficient (Wildman–Crippen LogP) is 6.56. The first-order valence-electron chi connectivity index (χ1n) is 11.1. The molecule has 0 saturated carbocycles. The second kappa shape index (κ2) is 9.51. The number of methoxy groups -OCH3 is 1. The van der Waals surface area contributed by atoms with E-state index in [1.54, 1.807) is 18.1 Å². The number of fused-ring (bicyclic) bond motifs is 2. The third-order valence-electron chi connectivity index (χ3n) is 5.82. The number of thioether (sulfide) groups is 1. The monoisotopic (exact) mass is 497 g/mol. The van der Waals surface area contributed by atoms with Crippen LogP contribution in [0.1, 0.15) is 43.6 Å². The maximum absolute atomic E-state index is 13.7. The normalized spacial score (nSPS) is 18.5. The Labute approximate surface area is 209 Å². The van der Waals surface area contributed by atoms with E-state index in [4.69, 9.17) is 16.3 Å². The first-order valence-corrected chi connectivity index (χ1v) is 12.4. The van der Waals surface area contributed by atoms with Gasteiger partial charge in [0.15, 0.2) is 0 Å². The molecule has 0 radical (unpaired) electrons.